The van der Waals surface area contributed by atoms with E-state index >= 15 is 0 Å². The van der Waals surface area contributed by atoms with Crippen molar-refractivity contribution in [2.75, 3.05) is 33.0 Å². The summed E-state index contributed by atoms with van der Waals surface area (Å²) in [6.45, 7) is 8.97. The minimum atomic E-state index is 0.130. The second-order valence-electron chi connectivity index (χ2n) is 7.07. The van der Waals surface area contributed by atoms with Gasteiger partial charge in [0.2, 0.25) is 5.69 Å². The van der Waals surface area contributed by atoms with Crippen molar-refractivity contribution < 1.29 is 4.74 Å². The van der Waals surface area contributed by atoms with Crippen LogP contribution >= 0.6 is 11.8 Å². The van der Waals surface area contributed by atoms with Gasteiger partial charge in [-0.25, -0.2) is 9.83 Å². The van der Waals surface area contributed by atoms with Crippen LogP contribution in [0.5, 0.6) is 5.75 Å². The molecule has 6 nitrogen and oxygen atoms in total. The number of rotatable bonds is 8. The van der Waals surface area contributed by atoms with Crippen LogP contribution in [0, 0.1) is 17.9 Å². The lowest BCUT2D eigenvalue weighted by atomic mass is 10.00. The number of nitrogens with two attached hydrogens (primary N) is 1. The number of nitrogens with zero attached hydrogens (tertiary/aromatic N) is 4. The normalized spacial score (nSPS) is 10.5. The summed E-state index contributed by atoms with van der Waals surface area (Å²) < 4.78 is 5.75. The van der Waals surface area contributed by atoms with E-state index in [0.717, 1.165) is 23.4 Å². The van der Waals surface area contributed by atoms with E-state index in [-0.39, 0.29) is 11.5 Å². The van der Waals surface area contributed by atoms with Crippen molar-refractivity contribution in [3.05, 3.63) is 77.1 Å². The summed E-state index contributed by atoms with van der Waals surface area (Å²) in [5, 5.41) is 10.4. The zero-order chi connectivity index (χ0) is 22.2. The third kappa shape index (κ3) is 5.55. The van der Waals surface area contributed by atoms with Gasteiger partial charge in [0.1, 0.15) is 29.3 Å². The maximum Gasteiger partial charge on any atom is 0.236 e. The van der Waals surface area contributed by atoms with Gasteiger partial charge in [-0.15, -0.1) is 11.8 Å². The first-order valence-corrected chi connectivity index (χ1v) is 10.7. The van der Waals surface area contributed by atoms with Gasteiger partial charge in [0.25, 0.3) is 0 Å². The number of benzene rings is 2. The monoisotopic (exact) mass is 429 g/mol. The third-order valence-corrected chi connectivity index (χ3v) is 5.60. The quantitative estimate of drug-likeness (QED) is 0.402. The SMILES string of the molecule is [C-]#[N+]c1c(N)nc(SCc2ccccc2)c(C#N)c1-c1ccc(OCCN(C)C)cc1. The number of likely N-dealkylation sites (N-methyl/N-ethyl adjacent to an activating group) is 1. The molecule has 1 aromatic heterocycles. The van der Waals surface area contributed by atoms with E-state index in [4.69, 9.17) is 17.0 Å². The van der Waals surface area contributed by atoms with Crippen LogP contribution in [-0.4, -0.2) is 37.1 Å². The van der Waals surface area contributed by atoms with E-state index in [1.54, 1.807) is 0 Å². The van der Waals surface area contributed by atoms with Gasteiger partial charge in [0, 0.05) is 17.9 Å². The molecule has 0 radical (unpaired) electrons. The highest BCUT2D eigenvalue weighted by Gasteiger charge is 2.20. The average Bonchev–Trinajstić information content (AvgIpc) is 2.78. The Bertz CT molecular complexity index is 1120. The van der Waals surface area contributed by atoms with Crippen molar-refractivity contribution in [1.29, 1.82) is 5.26 Å². The molecule has 0 unspecified atom stereocenters. The number of ether oxygens (including phenoxy) is 1. The van der Waals surface area contributed by atoms with Crippen molar-refractivity contribution in [3.63, 3.8) is 0 Å². The number of aromatic nitrogens is 1. The first kappa shape index (κ1) is 22.2. The minimum Gasteiger partial charge on any atom is -0.492 e. The second-order valence-corrected chi connectivity index (χ2v) is 8.04. The molecule has 2 aromatic carbocycles. The number of thioether (sulfide) groups is 1. The summed E-state index contributed by atoms with van der Waals surface area (Å²) in [5.74, 6) is 1.51. The summed E-state index contributed by atoms with van der Waals surface area (Å²) in [4.78, 5) is 9.98. The highest BCUT2D eigenvalue weighted by Crippen LogP contribution is 2.42. The molecule has 0 saturated heterocycles. The van der Waals surface area contributed by atoms with Crippen molar-refractivity contribution in [1.82, 2.24) is 9.88 Å². The van der Waals surface area contributed by atoms with Crippen LogP contribution in [-0.2, 0) is 5.75 Å². The summed E-state index contributed by atoms with van der Waals surface area (Å²) in [6.07, 6.45) is 0. The molecule has 0 bridgehead atoms. The van der Waals surface area contributed by atoms with E-state index in [1.807, 2.05) is 73.6 Å². The van der Waals surface area contributed by atoms with Gasteiger partial charge in [-0.2, -0.15) is 5.26 Å². The second kappa shape index (κ2) is 10.5. The van der Waals surface area contributed by atoms with Crippen LogP contribution in [0.3, 0.4) is 0 Å². The number of nitriles is 1. The van der Waals surface area contributed by atoms with Gasteiger partial charge in [0.05, 0.1) is 12.1 Å². The molecular weight excluding hydrogens is 406 g/mol. The third-order valence-electron chi connectivity index (χ3n) is 4.56. The van der Waals surface area contributed by atoms with Gasteiger partial charge in [0.15, 0.2) is 0 Å². The Morgan fingerprint density at radius 3 is 2.48 bits per heavy atom. The molecule has 0 fully saturated rings. The molecule has 0 spiro atoms. The van der Waals surface area contributed by atoms with Crippen molar-refractivity contribution >= 4 is 23.3 Å². The molecule has 0 aliphatic carbocycles. The number of hydrogen-bond acceptors (Lipinski definition) is 6. The van der Waals surface area contributed by atoms with Crippen LogP contribution < -0.4 is 10.5 Å². The van der Waals surface area contributed by atoms with Crippen LogP contribution in [0.25, 0.3) is 16.0 Å². The maximum atomic E-state index is 9.91. The highest BCUT2D eigenvalue weighted by molar-refractivity contribution is 7.98. The summed E-state index contributed by atoms with van der Waals surface area (Å²) in [6, 6.07) is 19.6. The number of nitrogen functional groups attached to an aromatic ring is 1. The number of hydrogen-bond donors (Lipinski definition) is 1. The van der Waals surface area contributed by atoms with Crippen LogP contribution in [0.2, 0.25) is 0 Å². The average molecular weight is 430 g/mol. The van der Waals surface area contributed by atoms with Crippen molar-refractivity contribution in [2.24, 2.45) is 0 Å². The maximum absolute atomic E-state index is 9.91. The summed E-state index contributed by atoms with van der Waals surface area (Å²) in [5.41, 5.74) is 9.04. The lowest BCUT2D eigenvalue weighted by Crippen LogP contribution is -2.19. The Balaban J connectivity index is 1.94. The van der Waals surface area contributed by atoms with Gasteiger partial charge in [-0.1, -0.05) is 42.5 Å². The predicted octanol–water partition coefficient (Wildman–Crippen LogP) is 4.99. The van der Waals surface area contributed by atoms with Crippen molar-refractivity contribution in [2.45, 2.75) is 10.8 Å². The molecule has 1 heterocycles. The summed E-state index contributed by atoms with van der Waals surface area (Å²) >= 11 is 1.44. The molecule has 0 amide bonds. The van der Waals surface area contributed by atoms with Crippen molar-refractivity contribution in [3.8, 4) is 22.9 Å². The lowest BCUT2D eigenvalue weighted by Gasteiger charge is -2.14. The van der Waals surface area contributed by atoms with Crippen LogP contribution in [0.1, 0.15) is 11.1 Å². The standard InChI is InChI=1S/C24H23N5OS/c1-27-22-21(18-9-11-19(12-10-18)30-14-13-29(2)3)20(15-25)24(28-23(22)26)31-16-17-7-5-4-6-8-17/h4-12H,13-14,16H2,2-3H3,(H2,26,28). The molecule has 31 heavy (non-hydrogen) atoms. The van der Waals surface area contributed by atoms with Gasteiger partial charge < -0.3 is 15.4 Å². The van der Waals surface area contributed by atoms with E-state index < -0.39 is 0 Å². The van der Waals surface area contributed by atoms with Gasteiger partial charge in [-0.3, -0.25) is 0 Å². The first-order valence-electron chi connectivity index (χ1n) is 9.69. The Morgan fingerprint density at radius 1 is 1.16 bits per heavy atom. The topological polar surface area (TPSA) is 79.5 Å². The Kier molecular flexibility index (Phi) is 7.50. The molecule has 7 heteroatoms. The van der Waals surface area contributed by atoms with Gasteiger partial charge in [-0.05, 0) is 37.4 Å². The fraction of sp³-hybridized carbons (Fsp3) is 0.208. The van der Waals surface area contributed by atoms with E-state index in [1.165, 1.54) is 11.8 Å². The fourth-order valence-corrected chi connectivity index (χ4v) is 3.91. The Morgan fingerprint density at radius 2 is 1.87 bits per heavy atom. The first-order chi connectivity index (χ1) is 15.0. The lowest BCUT2D eigenvalue weighted by molar-refractivity contribution is 0.261. The Hall–Kier alpha value is -3.52. The van der Waals surface area contributed by atoms with E-state index in [0.29, 0.717) is 28.5 Å². The molecule has 2 N–H and O–H groups in total. The predicted molar refractivity (Wildman–Crippen MR) is 125 cm³/mol. The zero-order valence-corrected chi connectivity index (χ0v) is 18.3. The van der Waals surface area contributed by atoms with Crippen LogP contribution in [0.4, 0.5) is 11.5 Å². The Labute approximate surface area is 187 Å². The smallest absolute Gasteiger partial charge is 0.236 e. The molecule has 0 atom stereocenters. The molecule has 0 aliphatic rings. The molecular formula is C24H23N5OS. The fourth-order valence-electron chi connectivity index (χ4n) is 2.96. The zero-order valence-electron chi connectivity index (χ0n) is 17.5. The largest absolute Gasteiger partial charge is 0.492 e. The minimum absolute atomic E-state index is 0.130. The summed E-state index contributed by atoms with van der Waals surface area (Å²) in [7, 11) is 3.98. The van der Waals surface area contributed by atoms with E-state index in [9.17, 15) is 5.26 Å². The van der Waals surface area contributed by atoms with Gasteiger partial charge >= 0.3 is 0 Å². The molecule has 0 saturated carbocycles. The number of pyridine rings is 1. The molecule has 0 aliphatic heterocycles. The molecule has 3 aromatic rings. The molecule has 156 valence electrons. The van der Waals surface area contributed by atoms with E-state index in [2.05, 4.69) is 15.9 Å². The molecule has 3 rings (SSSR count). The van der Waals surface area contributed by atoms with Crippen LogP contribution in [0.15, 0.2) is 59.6 Å². The number of anilines is 1. The highest BCUT2D eigenvalue weighted by atomic mass is 32.2.